The summed E-state index contributed by atoms with van der Waals surface area (Å²) in [5.41, 5.74) is -7.09. The fraction of sp³-hybridized carbons (Fsp3) is 0.500. The minimum Gasteiger partial charge on any atom is -0.455 e. The molecule has 12 heteroatoms. The average molecular weight is 691 g/mol. The monoisotopic (exact) mass is 690 g/mol. The maximum absolute atomic E-state index is 13.8. The summed E-state index contributed by atoms with van der Waals surface area (Å²) in [6.07, 6.45) is -5.90. The minimum atomic E-state index is -2.45. The van der Waals surface area contributed by atoms with Gasteiger partial charge in [0, 0.05) is 31.6 Å². The zero-order chi connectivity index (χ0) is 36.2. The SMILES string of the molecule is C=C(C)C12OC3(C)OC1C1C(O)C(C)(O)C(OC(=O)c4ccccc4)C4(O)C(OC(C)=O)C(C)=CC4C1(O3)C(C)C2OC(=O)c1ccccc1. The van der Waals surface area contributed by atoms with Crippen molar-refractivity contribution in [1.82, 2.24) is 0 Å². The number of aliphatic hydroxyl groups excluding tert-OH is 1. The van der Waals surface area contributed by atoms with E-state index >= 15 is 0 Å². The maximum Gasteiger partial charge on any atom is 0.338 e. The van der Waals surface area contributed by atoms with Gasteiger partial charge in [0.15, 0.2) is 23.4 Å². The Morgan fingerprint density at radius 1 is 0.860 bits per heavy atom. The fourth-order valence-electron chi connectivity index (χ4n) is 9.54. The van der Waals surface area contributed by atoms with E-state index in [0.29, 0.717) is 11.1 Å². The highest BCUT2D eigenvalue weighted by molar-refractivity contribution is 5.90. The van der Waals surface area contributed by atoms with E-state index in [1.807, 2.05) is 0 Å². The molecule has 2 saturated heterocycles. The lowest BCUT2D eigenvalue weighted by molar-refractivity contribution is -0.426. The second-order valence-electron chi connectivity index (χ2n) is 14.6. The first kappa shape index (κ1) is 34.5. The molecule has 12 nitrogen and oxygen atoms in total. The average Bonchev–Trinajstić information content (AvgIpc) is 3.44. The predicted octanol–water partition coefficient (Wildman–Crippen LogP) is 3.24. The van der Waals surface area contributed by atoms with Crippen molar-refractivity contribution in [1.29, 1.82) is 0 Å². The molecule has 0 spiro atoms. The standard InChI is InChI=1S/C38H42O12/c1-19(2)37-29(46-31(41)23-14-10-8-11-15-23)21(4)38-25-18-20(3)28(45-22(5)39)36(25,44)33(47-32(42)24-16-12-9-13-17-24)34(6,43)27(40)26(38)30(37)48-35(7,49-37)50-38/h8-18,21,25-30,33,40,43-44H,1H2,2-7H3. The molecule has 5 aliphatic rings. The molecule has 2 aromatic rings. The Kier molecular flexibility index (Phi) is 7.80. The molecule has 0 radical (unpaired) electrons. The van der Waals surface area contributed by atoms with E-state index in [-0.39, 0.29) is 11.1 Å². The van der Waals surface area contributed by atoms with Crippen LogP contribution < -0.4 is 0 Å². The van der Waals surface area contributed by atoms with Crippen molar-refractivity contribution in [3.63, 3.8) is 0 Å². The highest BCUT2D eigenvalue weighted by Crippen LogP contribution is 2.70. The molecule has 2 aromatic carbocycles. The van der Waals surface area contributed by atoms with Gasteiger partial charge in [-0.1, -0.05) is 56.0 Å². The molecule has 4 fully saturated rings. The third kappa shape index (κ3) is 4.49. The Morgan fingerprint density at radius 2 is 1.42 bits per heavy atom. The normalized spacial score (nSPS) is 43.9. The highest BCUT2D eigenvalue weighted by atomic mass is 16.9. The van der Waals surface area contributed by atoms with Crippen LogP contribution in [0, 0.1) is 17.8 Å². The van der Waals surface area contributed by atoms with Gasteiger partial charge in [-0.2, -0.15) is 0 Å². The van der Waals surface area contributed by atoms with Crippen LogP contribution in [0.1, 0.15) is 62.3 Å². The van der Waals surface area contributed by atoms with E-state index in [2.05, 4.69) is 6.58 Å². The van der Waals surface area contributed by atoms with Crippen LogP contribution in [0.5, 0.6) is 0 Å². The number of aliphatic hydroxyl groups is 3. The van der Waals surface area contributed by atoms with Crippen molar-refractivity contribution < 1.29 is 58.1 Å². The zero-order valence-corrected chi connectivity index (χ0v) is 28.7. The zero-order valence-electron chi connectivity index (χ0n) is 28.7. The lowest BCUT2D eigenvalue weighted by Crippen LogP contribution is -2.77. The van der Waals surface area contributed by atoms with Gasteiger partial charge in [0.25, 0.3) is 5.97 Å². The number of fused-ring (bicyclic) bond motifs is 2. The Labute approximate surface area is 289 Å². The number of hydrogen-bond acceptors (Lipinski definition) is 12. The quantitative estimate of drug-likeness (QED) is 0.230. The summed E-state index contributed by atoms with van der Waals surface area (Å²) in [6.45, 7) is 13.2. The number of ether oxygens (including phenoxy) is 6. The van der Waals surface area contributed by atoms with Crippen molar-refractivity contribution in [2.45, 2.75) is 100 Å². The van der Waals surface area contributed by atoms with Gasteiger partial charge in [-0.3, -0.25) is 4.79 Å². The van der Waals surface area contributed by atoms with Crippen LogP contribution >= 0.6 is 0 Å². The molecule has 3 aliphatic carbocycles. The van der Waals surface area contributed by atoms with Crippen LogP contribution in [0.3, 0.4) is 0 Å². The van der Waals surface area contributed by atoms with E-state index in [4.69, 9.17) is 28.4 Å². The van der Waals surface area contributed by atoms with Gasteiger partial charge in [-0.05, 0) is 56.2 Å². The molecule has 13 unspecified atom stereocenters. The van der Waals surface area contributed by atoms with Gasteiger partial charge in [-0.15, -0.1) is 0 Å². The summed E-state index contributed by atoms with van der Waals surface area (Å²) in [5.74, 6) is -7.56. The first-order valence-electron chi connectivity index (χ1n) is 16.7. The van der Waals surface area contributed by atoms with Crippen molar-refractivity contribution in [3.8, 4) is 0 Å². The molecule has 13 atom stereocenters. The lowest BCUT2D eigenvalue weighted by Gasteiger charge is -2.62. The second kappa shape index (κ2) is 11.3. The molecule has 266 valence electrons. The van der Waals surface area contributed by atoms with Gasteiger partial charge < -0.3 is 43.7 Å². The van der Waals surface area contributed by atoms with Gasteiger partial charge in [-0.25, -0.2) is 9.59 Å². The maximum atomic E-state index is 13.8. The second-order valence-corrected chi connectivity index (χ2v) is 14.6. The molecule has 2 aliphatic heterocycles. The number of carbonyl (C=O) groups excluding carboxylic acids is 3. The predicted molar refractivity (Wildman–Crippen MR) is 174 cm³/mol. The molecule has 0 aromatic heterocycles. The number of benzene rings is 2. The van der Waals surface area contributed by atoms with E-state index in [0.717, 1.165) is 0 Å². The smallest absolute Gasteiger partial charge is 0.338 e. The molecule has 3 N–H and O–H groups in total. The summed E-state index contributed by atoms with van der Waals surface area (Å²) in [6, 6.07) is 16.4. The van der Waals surface area contributed by atoms with E-state index in [1.54, 1.807) is 75.4 Å². The Bertz CT molecular complexity index is 1770. The van der Waals surface area contributed by atoms with Crippen molar-refractivity contribution in [2.75, 3.05) is 0 Å². The molecule has 2 saturated carbocycles. The largest absolute Gasteiger partial charge is 0.455 e. The van der Waals surface area contributed by atoms with Crippen LogP contribution in [0.25, 0.3) is 0 Å². The van der Waals surface area contributed by atoms with Gasteiger partial charge in [0.1, 0.15) is 17.8 Å². The van der Waals surface area contributed by atoms with Crippen LogP contribution in [0.4, 0.5) is 0 Å². The summed E-state index contributed by atoms with van der Waals surface area (Å²) in [7, 11) is 0. The van der Waals surface area contributed by atoms with Crippen molar-refractivity contribution in [2.24, 2.45) is 17.8 Å². The van der Waals surface area contributed by atoms with Gasteiger partial charge in [0.05, 0.1) is 22.8 Å². The van der Waals surface area contributed by atoms with E-state index in [1.165, 1.54) is 32.9 Å². The van der Waals surface area contributed by atoms with Crippen LogP contribution in [-0.2, 0) is 33.2 Å². The summed E-state index contributed by atoms with van der Waals surface area (Å²) in [4.78, 5) is 40.1. The highest BCUT2D eigenvalue weighted by Gasteiger charge is 2.86. The molecule has 0 amide bonds. The van der Waals surface area contributed by atoms with E-state index in [9.17, 15) is 29.7 Å². The minimum absolute atomic E-state index is 0.118. The molecular weight excluding hydrogens is 648 g/mol. The third-order valence-corrected chi connectivity index (χ3v) is 11.5. The number of hydrogen-bond donors (Lipinski definition) is 3. The first-order chi connectivity index (χ1) is 23.4. The number of rotatable bonds is 6. The topological polar surface area (TPSA) is 167 Å². The molecule has 7 rings (SSSR count). The summed E-state index contributed by atoms with van der Waals surface area (Å²) >= 11 is 0. The van der Waals surface area contributed by atoms with Crippen LogP contribution in [0.15, 0.2) is 84.5 Å². The van der Waals surface area contributed by atoms with Crippen molar-refractivity contribution in [3.05, 3.63) is 95.6 Å². The summed E-state index contributed by atoms with van der Waals surface area (Å²) in [5, 5.41) is 38.3. The van der Waals surface area contributed by atoms with Gasteiger partial charge >= 0.3 is 17.9 Å². The first-order valence-corrected chi connectivity index (χ1v) is 16.7. The fourth-order valence-corrected chi connectivity index (χ4v) is 9.54. The van der Waals surface area contributed by atoms with Gasteiger partial charge in [0.2, 0.25) is 0 Å². The number of esters is 3. The van der Waals surface area contributed by atoms with E-state index < -0.39 is 94.6 Å². The molecular formula is C38H42O12. The van der Waals surface area contributed by atoms with Crippen molar-refractivity contribution >= 4 is 17.9 Å². The molecule has 50 heavy (non-hydrogen) atoms. The summed E-state index contributed by atoms with van der Waals surface area (Å²) < 4.78 is 38.1. The third-order valence-electron chi connectivity index (χ3n) is 11.5. The Hall–Kier alpha value is -3.91. The van der Waals surface area contributed by atoms with Crippen LogP contribution in [0.2, 0.25) is 0 Å². The lowest BCUT2D eigenvalue weighted by atomic mass is 9.52. The number of carbonyl (C=O) groups is 3. The molecule has 2 heterocycles. The van der Waals surface area contributed by atoms with Crippen LogP contribution in [-0.4, -0.2) is 92.1 Å². The molecule has 3 bridgehead atoms. The Balaban J connectivity index is 1.47. The Morgan fingerprint density at radius 3 is 1.96 bits per heavy atom.